The third kappa shape index (κ3) is 4.13. The number of rotatable bonds is 6. The Hall–Kier alpha value is -3.24. The predicted molar refractivity (Wildman–Crippen MR) is 96.2 cm³/mol. The van der Waals surface area contributed by atoms with E-state index in [4.69, 9.17) is 4.42 Å². The van der Waals surface area contributed by atoms with Gasteiger partial charge in [0, 0.05) is 38.0 Å². The summed E-state index contributed by atoms with van der Waals surface area (Å²) in [5.41, 5.74) is -0.0653. The van der Waals surface area contributed by atoms with E-state index in [-0.39, 0.29) is 17.9 Å². The van der Waals surface area contributed by atoms with Crippen LogP contribution in [0, 0.1) is 0 Å². The van der Waals surface area contributed by atoms with E-state index in [1.165, 1.54) is 12.3 Å². The molecule has 0 aliphatic carbocycles. The molecule has 0 saturated carbocycles. The summed E-state index contributed by atoms with van der Waals surface area (Å²) in [5, 5.41) is 9.59. The molecule has 2 unspecified atom stereocenters. The van der Waals surface area contributed by atoms with Gasteiger partial charge in [0.1, 0.15) is 11.6 Å². The molecule has 8 nitrogen and oxygen atoms in total. The van der Waals surface area contributed by atoms with Gasteiger partial charge in [-0.1, -0.05) is 0 Å². The van der Waals surface area contributed by atoms with Crippen molar-refractivity contribution in [3.8, 4) is 0 Å². The monoisotopic (exact) mass is 408 g/mol. The zero-order valence-corrected chi connectivity index (χ0v) is 15.3. The zero-order valence-electron chi connectivity index (χ0n) is 15.3. The highest BCUT2D eigenvalue weighted by Gasteiger charge is 2.47. The molecular formula is C18H19F3N6O2. The molecular weight excluding hydrogens is 389 g/mol. The lowest BCUT2D eigenvalue weighted by Gasteiger charge is -2.32. The first-order chi connectivity index (χ1) is 13.9. The lowest BCUT2D eigenvalue weighted by atomic mass is 10.0. The first-order valence-corrected chi connectivity index (χ1v) is 9.12. The Labute approximate surface area is 163 Å². The first kappa shape index (κ1) is 19.1. The molecule has 154 valence electrons. The summed E-state index contributed by atoms with van der Waals surface area (Å²) in [5.74, 6) is 0.00977. The van der Waals surface area contributed by atoms with Crippen molar-refractivity contribution in [2.75, 3.05) is 11.9 Å². The number of imidazole rings is 1. The van der Waals surface area contributed by atoms with Crippen molar-refractivity contribution < 1.29 is 22.4 Å². The Kier molecular flexibility index (Phi) is 5.03. The van der Waals surface area contributed by atoms with E-state index >= 15 is 0 Å². The normalized spacial score (nSPS) is 18.9. The van der Waals surface area contributed by atoms with Crippen LogP contribution in [-0.2, 0) is 6.54 Å². The minimum Gasteiger partial charge on any atom is -0.467 e. The number of hydrogen-bond donors (Lipinski definition) is 2. The van der Waals surface area contributed by atoms with E-state index in [2.05, 4.69) is 20.7 Å². The minimum absolute atomic E-state index is 0.0653. The molecule has 0 radical (unpaired) electrons. The second kappa shape index (κ2) is 7.64. The van der Waals surface area contributed by atoms with Gasteiger partial charge in [0.25, 0.3) is 5.91 Å². The van der Waals surface area contributed by atoms with Crippen LogP contribution < -0.4 is 10.6 Å². The Balaban J connectivity index is 1.46. The number of carbonyl (C=O) groups is 1. The number of nitrogens with one attached hydrogen (secondary N) is 2. The van der Waals surface area contributed by atoms with Crippen molar-refractivity contribution in [1.82, 2.24) is 24.6 Å². The number of halogens is 3. The van der Waals surface area contributed by atoms with Gasteiger partial charge in [0.2, 0.25) is 0 Å². The van der Waals surface area contributed by atoms with Crippen LogP contribution in [0.2, 0.25) is 0 Å². The second-order valence-electron chi connectivity index (χ2n) is 6.77. The van der Waals surface area contributed by atoms with E-state index in [1.54, 1.807) is 24.7 Å². The Morgan fingerprint density at radius 2 is 2.28 bits per heavy atom. The molecule has 4 rings (SSSR count). The number of aromatic nitrogens is 4. The number of anilines is 1. The van der Waals surface area contributed by atoms with E-state index in [1.807, 2.05) is 10.8 Å². The highest BCUT2D eigenvalue weighted by atomic mass is 19.4. The molecule has 3 aromatic heterocycles. The topological polar surface area (TPSA) is 89.9 Å². The quantitative estimate of drug-likeness (QED) is 0.612. The van der Waals surface area contributed by atoms with Crippen LogP contribution in [0.3, 0.4) is 0 Å². The lowest BCUT2D eigenvalue weighted by molar-refractivity contribution is -0.174. The SMILES string of the molecule is O=C(NCCCn1ccnc1)c1cc2n(n1)C(C(F)(F)F)CC(c1ccco1)N2. The molecule has 1 amide bonds. The molecule has 0 saturated heterocycles. The van der Waals surface area contributed by atoms with Crippen LogP contribution in [0.1, 0.15) is 41.2 Å². The number of alkyl halides is 3. The van der Waals surface area contributed by atoms with Gasteiger partial charge in [-0.3, -0.25) is 4.79 Å². The number of carbonyl (C=O) groups excluding carboxylic acids is 1. The molecule has 3 aromatic rings. The Morgan fingerprint density at radius 3 is 2.97 bits per heavy atom. The van der Waals surface area contributed by atoms with Crippen molar-refractivity contribution >= 4 is 11.7 Å². The van der Waals surface area contributed by atoms with Gasteiger partial charge in [0.15, 0.2) is 11.7 Å². The number of nitrogens with zero attached hydrogens (tertiary/aromatic N) is 4. The van der Waals surface area contributed by atoms with Crippen molar-refractivity contribution in [3.05, 3.63) is 54.6 Å². The third-order valence-corrected chi connectivity index (χ3v) is 4.75. The molecule has 0 spiro atoms. The predicted octanol–water partition coefficient (Wildman–Crippen LogP) is 3.15. The number of fused-ring (bicyclic) bond motifs is 1. The molecule has 4 heterocycles. The first-order valence-electron chi connectivity index (χ1n) is 9.12. The number of furan rings is 1. The summed E-state index contributed by atoms with van der Waals surface area (Å²) in [4.78, 5) is 16.3. The molecule has 11 heteroatoms. The average molecular weight is 408 g/mol. The van der Waals surface area contributed by atoms with Gasteiger partial charge in [-0.2, -0.15) is 18.3 Å². The van der Waals surface area contributed by atoms with Crippen LogP contribution in [-0.4, -0.2) is 38.0 Å². The number of aryl methyl sites for hydroxylation is 1. The van der Waals surface area contributed by atoms with Gasteiger partial charge < -0.3 is 19.6 Å². The summed E-state index contributed by atoms with van der Waals surface area (Å²) in [7, 11) is 0. The minimum atomic E-state index is -4.51. The summed E-state index contributed by atoms with van der Waals surface area (Å²) in [6, 6.07) is 2.06. The van der Waals surface area contributed by atoms with Gasteiger partial charge in [0.05, 0.1) is 18.6 Å². The largest absolute Gasteiger partial charge is 0.467 e. The van der Waals surface area contributed by atoms with E-state index in [0.29, 0.717) is 25.3 Å². The standard InChI is InChI=1S/C18H19F3N6O2/c19-18(20,21)15-9-12(14-3-1-8-29-14)24-16-10-13(25-27(15)16)17(28)23-4-2-6-26-7-5-22-11-26/h1,3,5,7-8,10-12,15,24H,2,4,6,9H2,(H,23,28). The molecule has 0 fully saturated rings. The maximum absolute atomic E-state index is 13.6. The maximum atomic E-state index is 13.6. The van der Waals surface area contributed by atoms with Gasteiger partial charge in [-0.15, -0.1) is 0 Å². The van der Waals surface area contributed by atoms with Gasteiger partial charge in [-0.05, 0) is 18.6 Å². The summed E-state index contributed by atoms with van der Waals surface area (Å²) in [6.45, 7) is 1.03. The molecule has 0 bridgehead atoms. The fraction of sp³-hybridized carbons (Fsp3) is 0.389. The van der Waals surface area contributed by atoms with Gasteiger partial charge >= 0.3 is 6.18 Å². The van der Waals surface area contributed by atoms with E-state index in [0.717, 1.165) is 4.68 Å². The Morgan fingerprint density at radius 1 is 1.41 bits per heavy atom. The second-order valence-corrected chi connectivity index (χ2v) is 6.77. The molecule has 1 aliphatic heterocycles. The van der Waals surface area contributed by atoms with Crippen LogP contribution in [0.25, 0.3) is 0 Å². The van der Waals surface area contributed by atoms with Crippen molar-refractivity contribution in [2.45, 2.75) is 37.6 Å². The zero-order chi connectivity index (χ0) is 20.4. The molecule has 0 aromatic carbocycles. The highest BCUT2D eigenvalue weighted by molar-refractivity contribution is 5.93. The smallest absolute Gasteiger partial charge is 0.410 e. The van der Waals surface area contributed by atoms with Crippen molar-refractivity contribution in [3.63, 3.8) is 0 Å². The van der Waals surface area contributed by atoms with Crippen LogP contribution in [0.5, 0.6) is 0 Å². The molecule has 1 aliphatic rings. The molecule has 2 atom stereocenters. The fourth-order valence-corrected chi connectivity index (χ4v) is 3.33. The summed E-state index contributed by atoms with van der Waals surface area (Å²) < 4.78 is 48.8. The number of amides is 1. The van der Waals surface area contributed by atoms with E-state index in [9.17, 15) is 18.0 Å². The number of hydrogen-bond acceptors (Lipinski definition) is 5. The fourth-order valence-electron chi connectivity index (χ4n) is 3.33. The van der Waals surface area contributed by atoms with Crippen LogP contribution >= 0.6 is 0 Å². The highest BCUT2D eigenvalue weighted by Crippen LogP contribution is 2.43. The lowest BCUT2D eigenvalue weighted by Crippen LogP contribution is -2.35. The average Bonchev–Trinajstić information content (AvgIpc) is 3.44. The Bertz CT molecular complexity index is 949. The van der Waals surface area contributed by atoms with Crippen LogP contribution in [0.15, 0.2) is 47.6 Å². The summed E-state index contributed by atoms with van der Waals surface area (Å²) >= 11 is 0. The maximum Gasteiger partial charge on any atom is 0.410 e. The van der Waals surface area contributed by atoms with Gasteiger partial charge in [-0.25, -0.2) is 9.67 Å². The summed E-state index contributed by atoms with van der Waals surface area (Å²) in [6.07, 6.45) is 2.42. The van der Waals surface area contributed by atoms with Crippen LogP contribution in [0.4, 0.5) is 19.0 Å². The van der Waals surface area contributed by atoms with Crippen molar-refractivity contribution in [1.29, 1.82) is 0 Å². The van der Waals surface area contributed by atoms with Crippen molar-refractivity contribution in [2.24, 2.45) is 0 Å². The third-order valence-electron chi connectivity index (χ3n) is 4.75. The van der Waals surface area contributed by atoms with E-state index < -0.39 is 24.2 Å². The molecule has 2 N–H and O–H groups in total. The molecule has 29 heavy (non-hydrogen) atoms.